The van der Waals surface area contributed by atoms with E-state index in [9.17, 15) is 0 Å². The first kappa shape index (κ1) is 12.8. The van der Waals surface area contributed by atoms with Gasteiger partial charge >= 0.3 is 0 Å². The van der Waals surface area contributed by atoms with E-state index in [2.05, 4.69) is 71.1 Å². The van der Waals surface area contributed by atoms with Crippen LogP contribution < -0.4 is 0 Å². The summed E-state index contributed by atoms with van der Waals surface area (Å²) in [5, 5.41) is 7.49. The summed E-state index contributed by atoms with van der Waals surface area (Å²) in [5.74, 6) is 0. The Morgan fingerprint density at radius 1 is 0.500 bits per heavy atom. The van der Waals surface area contributed by atoms with Gasteiger partial charge in [0.15, 0.2) is 5.58 Å². The molecule has 2 nitrogen and oxygen atoms in total. The van der Waals surface area contributed by atoms with E-state index < -0.39 is 0 Å². The van der Waals surface area contributed by atoms with Crippen LogP contribution in [0.4, 0.5) is 0 Å². The average molecular weight is 331 g/mol. The topological polar surface area (TPSA) is 17.6 Å². The van der Waals surface area contributed by atoms with Gasteiger partial charge in [-0.1, -0.05) is 60.7 Å². The maximum Gasteiger partial charge on any atom is 0.160 e. The molecule has 0 aliphatic carbocycles. The molecular weight excluding hydrogens is 318 g/mol. The maximum absolute atomic E-state index is 6.36. The predicted molar refractivity (Wildman–Crippen MR) is 108 cm³/mol. The molecule has 0 spiro atoms. The lowest BCUT2D eigenvalue weighted by Crippen LogP contribution is -1.80. The van der Waals surface area contributed by atoms with Crippen molar-refractivity contribution in [2.45, 2.75) is 0 Å². The fraction of sp³-hybridized carbons (Fsp3) is 0. The quantitative estimate of drug-likeness (QED) is 0.301. The first-order valence-electron chi connectivity index (χ1n) is 8.89. The SMILES string of the molecule is c1ccc2c(c1)oc1c2ccc2c3cccc4c5ccccc5n(c43)c21. The number of para-hydroxylation sites is 3. The lowest BCUT2D eigenvalue weighted by molar-refractivity contribution is 0.671. The summed E-state index contributed by atoms with van der Waals surface area (Å²) in [7, 11) is 0. The van der Waals surface area contributed by atoms with E-state index in [1.54, 1.807) is 0 Å². The molecule has 120 valence electrons. The maximum atomic E-state index is 6.36. The molecular formula is C24H13NO. The van der Waals surface area contributed by atoms with Crippen LogP contribution in [-0.2, 0) is 0 Å². The minimum atomic E-state index is 0.944. The van der Waals surface area contributed by atoms with Gasteiger partial charge in [0.25, 0.3) is 0 Å². The van der Waals surface area contributed by atoms with Gasteiger partial charge in [-0.05, 0) is 18.2 Å². The van der Waals surface area contributed by atoms with Crippen molar-refractivity contribution in [3.63, 3.8) is 0 Å². The molecule has 0 aliphatic rings. The number of aromatic nitrogens is 1. The summed E-state index contributed by atoms with van der Waals surface area (Å²) in [6.45, 7) is 0. The van der Waals surface area contributed by atoms with Gasteiger partial charge < -0.3 is 8.82 Å². The highest BCUT2D eigenvalue weighted by atomic mass is 16.3. The van der Waals surface area contributed by atoms with Crippen LogP contribution >= 0.6 is 0 Å². The van der Waals surface area contributed by atoms with Gasteiger partial charge in [-0.2, -0.15) is 0 Å². The zero-order valence-electron chi connectivity index (χ0n) is 13.9. The summed E-state index contributed by atoms with van der Waals surface area (Å²) in [5.41, 5.74) is 5.62. The second-order valence-electron chi connectivity index (χ2n) is 6.99. The number of rotatable bonds is 0. The standard InChI is InChI=1S/C24H13NO/c1-3-10-20-14(6-1)16-8-5-9-17-18-12-13-19-15-7-2-4-11-21(15)26-24(19)23(18)25(20)22(16)17/h1-13H. The molecule has 0 aliphatic heterocycles. The smallest absolute Gasteiger partial charge is 0.160 e. The minimum absolute atomic E-state index is 0.944. The Labute approximate surface area is 148 Å². The predicted octanol–water partition coefficient (Wildman–Crippen LogP) is 6.74. The first-order chi connectivity index (χ1) is 12.9. The Bertz CT molecular complexity index is 1630. The summed E-state index contributed by atoms with van der Waals surface area (Å²) in [6.07, 6.45) is 0. The van der Waals surface area contributed by atoms with Crippen LogP contribution in [0.15, 0.2) is 83.3 Å². The third kappa shape index (κ3) is 1.29. The van der Waals surface area contributed by atoms with Gasteiger partial charge in [-0.25, -0.2) is 0 Å². The molecule has 0 bridgehead atoms. The molecule has 0 N–H and O–H groups in total. The Morgan fingerprint density at radius 3 is 2.08 bits per heavy atom. The molecule has 0 atom stereocenters. The molecule has 0 fully saturated rings. The van der Waals surface area contributed by atoms with E-state index in [0.717, 1.165) is 11.2 Å². The third-order valence-electron chi connectivity index (χ3n) is 5.73. The minimum Gasteiger partial charge on any atom is -0.454 e. The molecule has 7 rings (SSSR count). The summed E-state index contributed by atoms with van der Waals surface area (Å²) in [6, 6.07) is 28.0. The zero-order chi connectivity index (χ0) is 16.8. The summed E-state index contributed by atoms with van der Waals surface area (Å²) < 4.78 is 8.74. The largest absolute Gasteiger partial charge is 0.454 e. The van der Waals surface area contributed by atoms with Gasteiger partial charge in [0.2, 0.25) is 0 Å². The highest BCUT2D eigenvalue weighted by Crippen LogP contribution is 2.43. The van der Waals surface area contributed by atoms with Gasteiger partial charge in [0, 0.05) is 32.3 Å². The normalized spacial score (nSPS) is 12.6. The Hall–Kier alpha value is -3.52. The lowest BCUT2D eigenvalue weighted by Gasteiger charge is -1.98. The van der Waals surface area contributed by atoms with Crippen molar-refractivity contribution in [3.8, 4) is 0 Å². The molecule has 0 unspecified atom stereocenters. The van der Waals surface area contributed by atoms with Crippen LogP contribution in [0, 0.1) is 0 Å². The number of nitrogens with zero attached hydrogens (tertiary/aromatic N) is 1. The van der Waals surface area contributed by atoms with E-state index in [-0.39, 0.29) is 0 Å². The highest BCUT2D eigenvalue weighted by molar-refractivity contribution is 6.28. The van der Waals surface area contributed by atoms with E-state index in [0.29, 0.717) is 0 Å². The van der Waals surface area contributed by atoms with Crippen LogP contribution in [-0.4, -0.2) is 4.40 Å². The monoisotopic (exact) mass is 331 g/mol. The van der Waals surface area contributed by atoms with Crippen molar-refractivity contribution in [3.05, 3.63) is 78.9 Å². The number of furan rings is 1. The molecule has 7 aromatic rings. The van der Waals surface area contributed by atoms with Crippen molar-refractivity contribution < 1.29 is 4.42 Å². The molecule has 0 radical (unpaired) electrons. The van der Waals surface area contributed by atoms with Crippen LogP contribution in [0.1, 0.15) is 0 Å². The van der Waals surface area contributed by atoms with Crippen molar-refractivity contribution in [1.29, 1.82) is 0 Å². The van der Waals surface area contributed by atoms with Gasteiger partial charge in [0.05, 0.1) is 16.6 Å². The zero-order valence-corrected chi connectivity index (χ0v) is 13.9. The van der Waals surface area contributed by atoms with Crippen molar-refractivity contribution in [2.75, 3.05) is 0 Å². The molecule has 2 heteroatoms. The van der Waals surface area contributed by atoms with Gasteiger partial charge in [-0.3, -0.25) is 0 Å². The van der Waals surface area contributed by atoms with E-state index in [1.807, 2.05) is 12.1 Å². The Morgan fingerprint density at radius 2 is 1.15 bits per heavy atom. The fourth-order valence-electron chi connectivity index (χ4n) is 4.68. The second-order valence-corrected chi connectivity index (χ2v) is 6.99. The summed E-state index contributed by atoms with van der Waals surface area (Å²) >= 11 is 0. The van der Waals surface area contributed by atoms with Crippen molar-refractivity contribution in [2.24, 2.45) is 0 Å². The van der Waals surface area contributed by atoms with Crippen LogP contribution in [0.2, 0.25) is 0 Å². The molecule has 26 heavy (non-hydrogen) atoms. The highest BCUT2D eigenvalue weighted by Gasteiger charge is 2.20. The fourth-order valence-corrected chi connectivity index (χ4v) is 4.68. The van der Waals surface area contributed by atoms with Gasteiger partial charge in [-0.15, -0.1) is 0 Å². The molecule has 0 saturated heterocycles. The lowest BCUT2D eigenvalue weighted by atomic mass is 10.1. The third-order valence-corrected chi connectivity index (χ3v) is 5.73. The Kier molecular flexibility index (Phi) is 2.05. The van der Waals surface area contributed by atoms with E-state index in [4.69, 9.17) is 4.42 Å². The number of hydrogen-bond donors (Lipinski definition) is 0. The van der Waals surface area contributed by atoms with Crippen LogP contribution in [0.25, 0.3) is 60.0 Å². The number of fused-ring (bicyclic) bond motifs is 10. The molecule has 3 aromatic heterocycles. The number of hydrogen-bond acceptors (Lipinski definition) is 1. The molecule has 3 heterocycles. The first-order valence-corrected chi connectivity index (χ1v) is 8.89. The van der Waals surface area contributed by atoms with Crippen LogP contribution in [0.5, 0.6) is 0 Å². The molecule has 4 aromatic carbocycles. The van der Waals surface area contributed by atoms with E-state index >= 15 is 0 Å². The average Bonchev–Trinajstić information content (AvgIpc) is 3.34. The van der Waals surface area contributed by atoms with Crippen LogP contribution in [0.3, 0.4) is 0 Å². The van der Waals surface area contributed by atoms with Gasteiger partial charge in [0.1, 0.15) is 5.58 Å². The Balaban J connectivity index is 1.91. The molecule has 0 amide bonds. The van der Waals surface area contributed by atoms with E-state index in [1.165, 1.54) is 48.9 Å². The second kappa shape index (κ2) is 4.17. The summed E-state index contributed by atoms with van der Waals surface area (Å²) in [4.78, 5) is 0. The van der Waals surface area contributed by atoms with Crippen molar-refractivity contribution >= 4 is 60.0 Å². The van der Waals surface area contributed by atoms with Crippen molar-refractivity contribution in [1.82, 2.24) is 4.40 Å². The number of benzene rings is 4. The molecule has 0 saturated carbocycles.